The van der Waals surface area contributed by atoms with Crippen molar-refractivity contribution in [2.45, 2.75) is 0 Å². The molecule has 1 heterocycles. The first-order valence-corrected chi connectivity index (χ1v) is 6.07. The van der Waals surface area contributed by atoms with E-state index in [0.717, 1.165) is 28.0 Å². The van der Waals surface area contributed by atoms with Gasteiger partial charge in [0.15, 0.2) is 0 Å². The van der Waals surface area contributed by atoms with Crippen LogP contribution in [0.1, 0.15) is 11.3 Å². The molecule has 0 saturated heterocycles. The molecule has 3 nitrogen and oxygen atoms in total. The van der Waals surface area contributed by atoms with Crippen LogP contribution < -0.4 is 5.73 Å². The number of anilines is 1. The van der Waals surface area contributed by atoms with Gasteiger partial charge in [-0.25, -0.2) is 4.98 Å². The molecule has 0 bridgehead atoms. The fourth-order valence-electron chi connectivity index (χ4n) is 1.84. The van der Waals surface area contributed by atoms with Crippen LogP contribution in [0.25, 0.3) is 23.2 Å². The van der Waals surface area contributed by atoms with Crippen LogP contribution in [-0.4, -0.2) is 9.97 Å². The fourth-order valence-corrected chi connectivity index (χ4v) is 1.84. The Kier molecular flexibility index (Phi) is 2.94. The molecule has 3 aromatic rings. The predicted octanol–water partition coefficient (Wildman–Crippen LogP) is 3.38. The van der Waals surface area contributed by atoms with Crippen LogP contribution in [0.4, 0.5) is 5.69 Å². The van der Waals surface area contributed by atoms with Gasteiger partial charge in [0.1, 0.15) is 0 Å². The van der Waals surface area contributed by atoms with Gasteiger partial charge in [-0.15, -0.1) is 0 Å². The maximum Gasteiger partial charge on any atom is 0.0894 e. The van der Waals surface area contributed by atoms with Crippen LogP contribution in [-0.2, 0) is 0 Å². The molecule has 2 aromatic carbocycles. The number of hydrogen-bond donors (Lipinski definition) is 1. The molecule has 0 unspecified atom stereocenters. The zero-order valence-corrected chi connectivity index (χ0v) is 10.3. The predicted molar refractivity (Wildman–Crippen MR) is 79.3 cm³/mol. The molecule has 1 aromatic heterocycles. The van der Waals surface area contributed by atoms with Crippen molar-refractivity contribution in [1.82, 2.24) is 9.97 Å². The van der Waals surface area contributed by atoms with Gasteiger partial charge in [-0.3, -0.25) is 4.98 Å². The lowest BCUT2D eigenvalue weighted by molar-refractivity contribution is 1.27. The van der Waals surface area contributed by atoms with Crippen LogP contribution >= 0.6 is 0 Å². The van der Waals surface area contributed by atoms with Gasteiger partial charge in [-0.05, 0) is 35.9 Å². The molecule has 0 atom stereocenters. The first kappa shape index (κ1) is 11.4. The van der Waals surface area contributed by atoms with Gasteiger partial charge in [-0.1, -0.05) is 30.3 Å². The van der Waals surface area contributed by atoms with Crippen LogP contribution in [0.15, 0.2) is 54.7 Å². The number of nitrogens with zero attached hydrogens (tertiary/aromatic N) is 2. The van der Waals surface area contributed by atoms with Crippen molar-refractivity contribution < 1.29 is 0 Å². The summed E-state index contributed by atoms with van der Waals surface area (Å²) in [7, 11) is 0. The highest BCUT2D eigenvalue weighted by Gasteiger charge is 1.95. The lowest BCUT2D eigenvalue weighted by Crippen LogP contribution is -1.86. The molecule has 0 radical (unpaired) electrons. The average molecular weight is 247 g/mol. The zero-order chi connectivity index (χ0) is 13.1. The number of para-hydroxylation sites is 2. The first-order valence-electron chi connectivity index (χ1n) is 6.07. The lowest BCUT2D eigenvalue weighted by atomic mass is 10.2. The van der Waals surface area contributed by atoms with Gasteiger partial charge in [0.25, 0.3) is 0 Å². The molecular weight excluding hydrogens is 234 g/mol. The summed E-state index contributed by atoms with van der Waals surface area (Å²) in [5.41, 5.74) is 10.2. The van der Waals surface area contributed by atoms with E-state index < -0.39 is 0 Å². The second kappa shape index (κ2) is 4.90. The molecule has 92 valence electrons. The van der Waals surface area contributed by atoms with Gasteiger partial charge >= 0.3 is 0 Å². The fraction of sp³-hybridized carbons (Fsp3) is 0. The monoisotopic (exact) mass is 247 g/mol. The number of aromatic nitrogens is 2. The van der Waals surface area contributed by atoms with E-state index in [0.29, 0.717) is 0 Å². The summed E-state index contributed by atoms with van der Waals surface area (Å²) in [4.78, 5) is 8.91. The van der Waals surface area contributed by atoms with Crippen molar-refractivity contribution in [3.8, 4) is 0 Å². The molecule has 3 heteroatoms. The van der Waals surface area contributed by atoms with Crippen molar-refractivity contribution in [3.05, 3.63) is 66.0 Å². The van der Waals surface area contributed by atoms with Crippen molar-refractivity contribution in [2.75, 3.05) is 5.73 Å². The third kappa shape index (κ3) is 2.60. The van der Waals surface area contributed by atoms with Crippen molar-refractivity contribution in [2.24, 2.45) is 0 Å². The van der Waals surface area contributed by atoms with Crippen LogP contribution in [0, 0.1) is 0 Å². The Morgan fingerprint density at radius 3 is 2.37 bits per heavy atom. The van der Waals surface area contributed by atoms with E-state index in [1.54, 1.807) is 6.20 Å². The standard InChI is InChI=1S/C16H13N3/c17-13-8-5-12(6-9-13)7-10-14-11-18-15-3-1-2-4-16(15)19-14/h1-11H,17H2. The Hall–Kier alpha value is -2.68. The number of fused-ring (bicyclic) bond motifs is 1. The lowest BCUT2D eigenvalue weighted by Gasteiger charge is -1.98. The second-order valence-corrected chi connectivity index (χ2v) is 4.28. The van der Waals surface area contributed by atoms with E-state index in [1.807, 2.05) is 60.7 Å². The molecule has 0 aliphatic rings. The molecule has 3 rings (SSSR count). The summed E-state index contributed by atoms with van der Waals surface area (Å²) in [5.74, 6) is 0. The minimum absolute atomic E-state index is 0.766. The number of rotatable bonds is 2. The van der Waals surface area contributed by atoms with E-state index in [9.17, 15) is 0 Å². The molecule has 0 saturated carbocycles. The summed E-state index contributed by atoms with van der Waals surface area (Å²) < 4.78 is 0. The summed E-state index contributed by atoms with van der Waals surface area (Å²) >= 11 is 0. The minimum atomic E-state index is 0.766. The summed E-state index contributed by atoms with van der Waals surface area (Å²) in [5, 5.41) is 0. The van der Waals surface area contributed by atoms with E-state index in [4.69, 9.17) is 5.73 Å². The summed E-state index contributed by atoms with van der Waals surface area (Å²) in [6.07, 6.45) is 5.72. The Morgan fingerprint density at radius 1 is 0.842 bits per heavy atom. The van der Waals surface area contributed by atoms with Gasteiger partial charge < -0.3 is 5.73 Å². The highest BCUT2D eigenvalue weighted by molar-refractivity contribution is 5.76. The Labute approximate surface area is 111 Å². The third-order valence-corrected chi connectivity index (χ3v) is 2.85. The highest BCUT2D eigenvalue weighted by atomic mass is 14.8. The molecule has 0 aliphatic carbocycles. The van der Waals surface area contributed by atoms with Crippen molar-refractivity contribution in [3.63, 3.8) is 0 Å². The Bertz CT molecular complexity index is 730. The van der Waals surface area contributed by atoms with Gasteiger partial charge in [0.2, 0.25) is 0 Å². The first-order chi connectivity index (χ1) is 9.31. The highest BCUT2D eigenvalue weighted by Crippen LogP contribution is 2.12. The summed E-state index contributed by atoms with van der Waals surface area (Å²) in [6, 6.07) is 15.5. The molecule has 0 fully saturated rings. The molecule has 0 spiro atoms. The SMILES string of the molecule is Nc1ccc(C=Cc2cnc3ccccc3n2)cc1. The molecule has 19 heavy (non-hydrogen) atoms. The van der Waals surface area contributed by atoms with Crippen LogP contribution in [0.3, 0.4) is 0 Å². The minimum Gasteiger partial charge on any atom is -0.399 e. The zero-order valence-electron chi connectivity index (χ0n) is 10.3. The Morgan fingerprint density at radius 2 is 1.58 bits per heavy atom. The number of hydrogen-bond acceptors (Lipinski definition) is 3. The topological polar surface area (TPSA) is 51.8 Å². The molecule has 2 N–H and O–H groups in total. The van der Waals surface area contributed by atoms with Gasteiger partial charge in [0.05, 0.1) is 22.9 Å². The average Bonchev–Trinajstić information content (AvgIpc) is 2.46. The maximum absolute atomic E-state index is 5.65. The summed E-state index contributed by atoms with van der Waals surface area (Å²) in [6.45, 7) is 0. The van der Waals surface area contributed by atoms with E-state index in [1.165, 1.54) is 0 Å². The second-order valence-electron chi connectivity index (χ2n) is 4.28. The van der Waals surface area contributed by atoms with Crippen molar-refractivity contribution >= 4 is 28.9 Å². The molecular formula is C16H13N3. The van der Waals surface area contributed by atoms with Crippen molar-refractivity contribution in [1.29, 1.82) is 0 Å². The van der Waals surface area contributed by atoms with Crippen LogP contribution in [0.2, 0.25) is 0 Å². The van der Waals surface area contributed by atoms with E-state index in [2.05, 4.69) is 9.97 Å². The quantitative estimate of drug-likeness (QED) is 0.706. The van der Waals surface area contributed by atoms with Crippen LogP contribution in [0.5, 0.6) is 0 Å². The Balaban J connectivity index is 1.90. The number of benzene rings is 2. The third-order valence-electron chi connectivity index (χ3n) is 2.85. The maximum atomic E-state index is 5.65. The molecule has 0 amide bonds. The largest absolute Gasteiger partial charge is 0.399 e. The number of nitrogen functional groups attached to an aromatic ring is 1. The van der Waals surface area contributed by atoms with Gasteiger partial charge in [0, 0.05) is 5.69 Å². The van der Waals surface area contributed by atoms with E-state index >= 15 is 0 Å². The van der Waals surface area contributed by atoms with Gasteiger partial charge in [-0.2, -0.15) is 0 Å². The molecule has 0 aliphatic heterocycles. The normalized spacial score (nSPS) is 11.2. The van der Waals surface area contributed by atoms with E-state index in [-0.39, 0.29) is 0 Å². The number of nitrogens with two attached hydrogens (primary N) is 1. The smallest absolute Gasteiger partial charge is 0.0894 e.